The topological polar surface area (TPSA) is 93.7 Å². The Balaban J connectivity index is 1.58. The van der Waals surface area contributed by atoms with Gasteiger partial charge in [-0.05, 0) is 31.5 Å². The third kappa shape index (κ3) is 4.46. The van der Waals surface area contributed by atoms with Crippen molar-refractivity contribution in [2.24, 2.45) is 0 Å². The molecule has 0 bridgehead atoms. The van der Waals surface area contributed by atoms with Crippen molar-refractivity contribution >= 4 is 29.2 Å². The van der Waals surface area contributed by atoms with Crippen LogP contribution in [-0.2, 0) is 16.1 Å². The molecule has 1 aliphatic rings. The Morgan fingerprint density at radius 3 is 2.85 bits per heavy atom. The number of esters is 1. The Morgan fingerprint density at radius 2 is 2.07 bits per heavy atom. The lowest BCUT2D eigenvalue weighted by Gasteiger charge is -2.16. The van der Waals surface area contributed by atoms with Gasteiger partial charge >= 0.3 is 12.0 Å². The van der Waals surface area contributed by atoms with Gasteiger partial charge in [0, 0.05) is 22.0 Å². The minimum Gasteiger partial charge on any atom is -0.488 e. The van der Waals surface area contributed by atoms with Crippen molar-refractivity contribution in [3.8, 4) is 16.2 Å². The van der Waals surface area contributed by atoms with Gasteiger partial charge in [-0.25, -0.2) is 9.59 Å². The van der Waals surface area contributed by atoms with E-state index in [0.29, 0.717) is 11.5 Å². The molecule has 0 unspecified atom stereocenters. The number of hydrogen-bond acceptors (Lipinski definition) is 6. The van der Waals surface area contributed by atoms with Gasteiger partial charge < -0.3 is 14.8 Å². The van der Waals surface area contributed by atoms with Crippen LogP contribution in [0.5, 0.6) is 5.75 Å². The summed E-state index contributed by atoms with van der Waals surface area (Å²) >= 11 is 1.30. The van der Waals surface area contributed by atoms with Gasteiger partial charge in [0.2, 0.25) is 0 Å². The van der Waals surface area contributed by atoms with E-state index in [9.17, 15) is 14.4 Å². The molecule has 0 fully saturated rings. The molecule has 1 aliphatic heterocycles. The molecule has 0 radical (unpaired) electrons. The van der Waals surface area contributed by atoms with E-state index in [-0.39, 0.29) is 6.04 Å². The minimum absolute atomic E-state index is 0.0529. The third-order valence-electron chi connectivity index (χ3n) is 4.10. The van der Waals surface area contributed by atoms with E-state index in [1.807, 2.05) is 38.1 Å². The Bertz CT molecular complexity index is 877. The van der Waals surface area contributed by atoms with Crippen molar-refractivity contribution in [2.75, 3.05) is 6.61 Å². The molecule has 1 aromatic heterocycles. The second-order valence-corrected chi connectivity index (χ2v) is 7.21. The predicted molar refractivity (Wildman–Crippen MR) is 101 cm³/mol. The number of nitrogens with one attached hydrogen (secondary N) is 2. The molecule has 0 spiro atoms. The number of benzene rings is 1. The number of fused-ring (bicyclic) bond motifs is 3. The molecule has 7 nitrogen and oxygen atoms in total. The van der Waals surface area contributed by atoms with Crippen LogP contribution in [0.4, 0.5) is 4.79 Å². The SMILES string of the molecule is CC[C@@H](C)NC(=O)NC(=O)COC(=O)c1cc2c(s1)-c1ccccc1OC2. The largest absolute Gasteiger partial charge is 0.488 e. The normalized spacial score (nSPS) is 12.8. The van der Waals surface area contributed by atoms with Crippen molar-refractivity contribution in [3.05, 3.63) is 40.8 Å². The van der Waals surface area contributed by atoms with E-state index in [2.05, 4.69) is 10.6 Å². The first-order chi connectivity index (χ1) is 13.0. The van der Waals surface area contributed by atoms with Crippen LogP contribution in [-0.4, -0.2) is 30.6 Å². The summed E-state index contributed by atoms with van der Waals surface area (Å²) in [5.74, 6) is -0.512. The van der Waals surface area contributed by atoms with Gasteiger partial charge in [-0.15, -0.1) is 11.3 Å². The lowest BCUT2D eigenvalue weighted by atomic mass is 10.1. The first-order valence-electron chi connectivity index (χ1n) is 8.60. The van der Waals surface area contributed by atoms with Crippen molar-refractivity contribution in [3.63, 3.8) is 0 Å². The summed E-state index contributed by atoms with van der Waals surface area (Å²) in [6.07, 6.45) is 0.743. The second kappa shape index (κ2) is 8.22. The Morgan fingerprint density at radius 1 is 1.30 bits per heavy atom. The standard InChI is InChI=1S/C19H20N2O5S/c1-3-11(2)20-19(24)21-16(22)10-26-18(23)15-8-12-9-25-14-7-5-4-6-13(14)17(12)27-15/h4-8,11H,3,9-10H2,1-2H3,(H2,20,21,22,24)/t11-/m1/s1. The summed E-state index contributed by atoms with van der Waals surface area (Å²) < 4.78 is 10.7. The molecule has 1 aromatic carbocycles. The van der Waals surface area contributed by atoms with E-state index in [1.165, 1.54) is 11.3 Å². The number of imide groups is 1. The zero-order valence-electron chi connectivity index (χ0n) is 15.0. The quantitative estimate of drug-likeness (QED) is 0.768. The summed E-state index contributed by atoms with van der Waals surface area (Å²) in [7, 11) is 0. The smallest absolute Gasteiger partial charge is 0.348 e. The number of carbonyl (C=O) groups excluding carboxylic acids is 3. The number of amides is 3. The molecule has 27 heavy (non-hydrogen) atoms. The summed E-state index contributed by atoms with van der Waals surface area (Å²) in [5, 5.41) is 4.73. The van der Waals surface area contributed by atoms with Gasteiger partial charge in [0.25, 0.3) is 5.91 Å². The van der Waals surface area contributed by atoms with Crippen LogP contribution in [0.3, 0.4) is 0 Å². The molecule has 3 amide bonds. The highest BCUT2D eigenvalue weighted by Gasteiger charge is 2.23. The number of carbonyl (C=O) groups is 3. The van der Waals surface area contributed by atoms with Crippen molar-refractivity contribution in [1.82, 2.24) is 10.6 Å². The molecular formula is C19H20N2O5S. The number of ether oxygens (including phenoxy) is 2. The van der Waals surface area contributed by atoms with E-state index in [4.69, 9.17) is 9.47 Å². The summed E-state index contributed by atoms with van der Waals surface area (Å²) in [4.78, 5) is 36.9. The molecular weight excluding hydrogens is 368 g/mol. The average molecular weight is 388 g/mol. The molecule has 2 N–H and O–H groups in total. The monoisotopic (exact) mass is 388 g/mol. The molecule has 2 aromatic rings. The fraction of sp³-hybridized carbons (Fsp3) is 0.316. The van der Waals surface area contributed by atoms with Gasteiger partial charge in [0.1, 0.15) is 17.2 Å². The van der Waals surface area contributed by atoms with Crippen molar-refractivity contribution in [1.29, 1.82) is 0 Å². The van der Waals surface area contributed by atoms with Crippen molar-refractivity contribution < 1.29 is 23.9 Å². The number of hydrogen-bond donors (Lipinski definition) is 2. The third-order valence-corrected chi connectivity index (χ3v) is 5.29. The molecule has 0 saturated carbocycles. The molecule has 142 valence electrons. The highest BCUT2D eigenvalue weighted by atomic mass is 32.1. The number of rotatable bonds is 5. The van der Waals surface area contributed by atoms with Crippen LogP contribution in [0.25, 0.3) is 10.4 Å². The fourth-order valence-corrected chi connectivity index (χ4v) is 3.62. The maximum absolute atomic E-state index is 12.3. The van der Waals surface area contributed by atoms with Gasteiger partial charge in [-0.3, -0.25) is 10.1 Å². The number of urea groups is 1. The summed E-state index contributed by atoms with van der Waals surface area (Å²) in [6, 6.07) is 8.67. The average Bonchev–Trinajstić information content (AvgIpc) is 3.10. The van der Waals surface area contributed by atoms with Gasteiger partial charge in [-0.2, -0.15) is 0 Å². The van der Waals surface area contributed by atoms with Gasteiger partial charge in [0.05, 0.1) is 0 Å². The Kier molecular flexibility index (Phi) is 5.75. The lowest BCUT2D eigenvalue weighted by Crippen LogP contribution is -2.44. The molecule has 0 saturated heterocycles. The van der Waals surface area contributed by atoms with Gasteiger partial charge in [-0.1, -0.05) is 19.1 Å². The molecule has 3 rings (SSSR count). The maximum Gasteiger partial charge on any atom is 0.348 e. The predicted octanol–water partition coefficient (Wildman–Crippen LogP) is 3.09. The highest BCUT2D eigenvalue weighted by Crippen LogP contribution is 2.42. The zero-order chi connectivity index (χ0) is 19.4. The summed E-state index contributed by atoms with van der Waals surface area (Å²) in [6.45, 7) is 3.60. The van der Waals surface area contributed by atoms with E-state index in [0.717, 1.165) is 28.2 Å². The van der Waals surface area contributed by atoms with E-state index >= 15 is 0 Å². The highest BCUT2D eigenvalue weighted by molar-refractivity contribution is 7.17. The van der Waals surface area contributed by atoms with Crippen LogP contribution in [0, 0.1) is 0 Å². The first-order valence-corrected chi connectivity index (χ1v) is 9.42. The molecule has 0 aliphatic carbocycles. The summed E-state index contributed by atoms with van der Waals surface area (Å²) in [5.41, 5.74) is 1.84. The van der Waals surface area contributed by atoms with Crippen LogP contribution >= 0.6 is 11.3 Å². The Labute approximate surface area is 160 Å². The van der Waals surface area contributed by atoms with E-state index in [1.54, 1.807) is 6.07 Å². The Hall–Kier alpha value is -2.87. The second-order valence-electron chi connectivity index (χ2n) is 6.16. The molecule has 1 atom stereocenters. The number of para-hydroxylation sites is 1. The van der Waals surface area contributed by atoms with Crippen molar-refractivity contribution in [2.45, 2.75) is 32.9 Å². The lowest BCUT2D eigenvalue weighted by molar-refractivity contribution is -0.123. The minimum atomic E-state index is -0.681. The van der Waals surface area contributed by atoms with Crippen LogP contribution in [0.1, 0.15) is 35.5 Å². The van der Waals surface area contributed by atoms with Crippen LogP contribution in [0.15, 0.2) is 30.3 Å². The number of thiophene rings is 1. The maximum atomic E-state index is 12.3. The van der Waals surface area contributed by atoms with E-state index < -0.39 is 24.5 Å². The van der Waals surface area contributed by atoms with Gasteiger partial charge in [0.15, 0.2) is 6.61 Å². The zero-order valence-corrected chi connectivity index (χ0v) is 15.9. The first kappa shape index (κ1) is 18.9. The fourth-order valence-electron chi connectivity index (χ4n) is 2.53. The molecule has 8 heteroatoms. The van der Waals surface area contributed by atoms with Crippen LogP contribution in [0.2, 0.25) is 0 Å². The van der Waals surface area contributed by atoms with Crippen LogP contribution < -0.4 is 15.4 Å². The molecule has 2 heterocycles.